The maximum Gasteiger partial charge on any atom is 0.363 e. The lowest BCUT2D eigenvalue weighted by Gasteiger charge is -2.05. The number of benzene rings is 2. The van der Waals surface area contributed by atoms with Crippen LogP contribution < -0.4 is 4.74 Å². The van der Waals surface area contributed by atoms with E-state index < -0.39 is 5.97 Å². The number of cyclic esters (lactones) is 1. The second kappa shape index (κ2) is 9.88. The normalized spacial score (nSPS) is 14.9. The van der Waals surface area contributed by atoms with E-state index in [1.807, 2.05) is 36.4 Å². The number of rotatable bonds is 9. The van der Waals surface area contributed by atoms with Crippen LogP contribution in [0.3, 0.4) is 0 Å². The minimum atomic E-state index is -0.423. The van der Waals surface area contributed by atoms with Crippen LogP contribution in [0.2, 0.25) is 0 Å². The molecule has 0 amide bonds. The van der Waals surface area contributed by atoms with Crippen molar-refractivity contribution >= 4 is 17.9 Å². The molecule has 2 aromatic carbocycles. The van der Waals surface area contributed by atoms with Crippen molar-refractivity contribution in [3.8, 4) is 5.75 Å². The number of aliphatic imine (C=N–C) groups is 1. The van der Waals surface area contributed by atoms with Gasteiger partial charge in [-0.1, -0.05) is 51.0 Å². The van der Waals surface area contributed by atoms with Gasteiger partial charge in [0.2, 0.25) is 5.90 Å². The molecule has 28 heavy (non-hydrogen) atoms. The fourth-order valence-corrected chi connectivity index (χ4v) is 2.88. The van der Waals surface area contributed by atoms with Crippen molar-refractivity contribution < 1.29 is 14.3 Å². The molecule has 0 aromatic heterocycles. The van der Waals surface area contributed by atoms with Crippen molar-refractivity contribution in [2.75, 3.05) is 6.61 Å². The third kappa shape index (κ3) is 5.32. The van der Waals surface area contributed by atoms with Crippen molar-refractivity contribution in [3.63, 3.8) is 0 Å². The Morgan fingerprint density at radius 1 is 0.964 bits per heavy atom. The molecule has 4 nitrogen and oxygen atoms in total. The summed E-state index contributed by atoms with van der Waals surface area (Å²) in [6, 6.07) is 15.7. The quantitative estimate of drug-likeness (QED) is 0.327. The van der Waals surface area contributed by atoms with Crippen LogP contribution in [0, 0.1) is 0 Å². The summed E-state index contributed by atoms with van der Waals surface area (Å²) in [7, 11) is 0. The topological polar surface area (TPSA) is 47.9 Å². The molecule has 4 heteroatoms. The number of unbranched alkanes of at least 4 members (excludes halogenated alkanes) is 2. The summed E-state index contributed by atoms with van der Waals surface area (Å²) < 4.78 is 11.0. The first-order chi connectivity index (χ1) is 13.7. The molecule has 0 saturated heterocycles. The van der Waals surface area contributed by atoms with Crippen LogP contribution >= 0.6 is 0 Å². The molecule has 146 valence electrons. The molecule has 3 rings (SSSR count). The third-order valence-electron chi connectivity index (χ3n) is 4.59. The Hall–Kier alpha value is -2.88. The molecule has 0 unspecified atom stereocenters. The summed E-state index contributed by atoms with van der Waals surface area (Å²) in [5.41, 5.74) is 3.30. The first-order valence-corrected chi connectivity index (χ1v) is 10.0. The average molecular weight is 377 g/mol. The molecule has 0 aliphatic carbocycles. The largest absolute Gasteiger partial charge is 0.494 e. The Labute approximate surface area is 166 Å². The van der Waals surface area contributed by atoms with E-state index in [-0.39, 0.29) is 0 Å². The Morgan fingerprint density at radius 3 is 2.36 bits per heavy atom. The number of carbonyl (C=O) groups excluding carboxylic acids is 1. The Balaban J connectivity index is 1.69. The summed E-state index contributed by atoms with van der Waals surface area (Å²) in [6.45, 7) is 5.03. The number of nitrogens with zero attached hydrogens (tertiary/aromatic N) is 1. The van der Waals surface area contributed by atoms with Gasteiger partial charge in [0.15, 0.2) is 5.70 Å². The maximum atomic E-state index is 12.2. The minimum absolute atomic E-state index is 0.310. The van der Waals surface area contributed by atoms with Gasteiger partial charge in [-0.05, 0) is 60.7 Å². The van der Waals surface area contributed by atoms with E-state index >= 15 is 0 Å². The minimum Gasteiger partial charge on any atom is -0.494 e. The van der Waals surface area contributed by atoms with Gasteiger partial charge in [-0.15, -0.1) is 0 Å². The number of carbonyl (C=O) groups is 1. The molecule has 1 aliphatic heterocycles. The van der Waals surface area contributed by atoms with Gasteiger partial charge in [-0.25, -0.2) is 9.79 Å². The highest BCUT2D eigenvalue weighted by Crippen LogP contribution is 2.21. The highest BCUT2D eigenvalue weighted by molar-refractivity contribution is 6.12. The van der Waals surface area contributed by atoms with E-state index in [4.69, 9.17) is 9.47 Å². The van der Waals surface area contributed by atoms with Crippen molar-refractivity contribution in [2.45, 2.75) is 46.0 Å². The Bertz CT molecular complexity index is 848. The zero-order valence-corrected chi connectivity index (χ0v) is 16.6. The highest BCUT2D eigenvalue weighted by Gasteiger charge is 2.24. The van der Waals surface area contributed by atoms with Crippen LogP contribution in [-0.2, 0) is 16.0 Å². The Kier molecular flexibility index (Phi) is 7.01. The fourth-order valence-electron chi connectivity index (χ4n) is 2.88. The van der Waals surface area contributed by atoms with Crippen molar-refractivity contribution in [1.82, 2.24) is 0 Å². The van der Waals surface area contributed by atoms with Gasteiger partial charge in [-0.2, -0.15) is 0 Å². The standard InChI is InChI=1S/C24H27NO3/c1-3-5-7-18-8-12-20(13-9-18)23-25-22(24(26)28-23)17-19-10-14-21(15-11-19)27-16-6-4-2/h8-15,17H,3-7,16H2,1-2H3. The molecule has 0 N–H and O–H groups in total. The lowest BCUT2D eigenvalue weighted by molar-refractivity contribution is -0.129. The smallest absolute Gasteiger partial charge is 0.363 e. The Morgan fingerprint density at radius 2 is 1.68 bits per heavy atom. The number of ether oxygens (including phenoxy) is 2. The zero-order chi connectivity index (χ0) is 19.8. The van der Waals surface area contributed by atoms with Gasteiger partial charge in [0.05, 0.1) is 6.61 Å². The average Bonchev–Trinajstić information content (AvgIpc) is 3.08. The van der Waals surface area contributed by atoms with Crippen LogP contribution in [0.25, 0.3) is 6.08 Å². The van der Waals surface area contributed by atoms with E-state index in [1.165, 1.54) is 18.4 Å². The monoisotopic (exact) mass is 377 g/mol. The predicted molar refractivity (Wildman–Crippen MR) is 113 cm³/mol. The van der Waals surface area contributed by atoms with E-state index in [0.717, 1.165) is 36.1 Å². The number of aryl methyl sites for hydroxylation is 1. The fraction of sp³-hybridized carbons (Fsp3) is 0.333. The van der Waals surface area contributed by atoms with Crippen LogP contribution in [-0.4, -0.2) is 18.5 Å². The molecule has 0 bridgehead atoms. The van der Waals surface area contributed by atoms with Gasteiger partial charge in [0.25, 0.3) is 0 Å². The van der Waals surface area contributed by atoms with Gasteiger partial charge in [0, 0.05) is 5.56 Å². The van der Waals surface area contributed by atoms with Crippen LogP contribution in [0.4, 0.5) is 0 Å². The number of hydrogen-bond donors (Lipinski definition) is 0. The molecule has 0 atom stereocenters. The number of hydrogen-bond acceptors (Lipinski definition) is 4. The summed E-state index contributed by atoms with van der Waals surface area (Å²) in [5, 5.41) is 0. The van der Waals surface area contributed by atoms with E-state index in [2.05, 4.69) is 31.0 Å². The van der Waals surface area contributed by atoms with E-state index in [1.54, 1.807) is 6.08 Å². The predicted octanol–water partition coefficient (Wildman–Crippen LogP) is 5.55. The van der Waals surface area contributed by atoms with Gasteiger partial charge < -0.3 is 9.47 Å². The van der Waals surface area contributed by atoms with Crippen molar-refractivity contribution in [3.05, 3.63) is 70.9 Å². The second-order valence-electron chi connectivity index (χ2n) is 6.91. The molecule has 0 saturated carbocycles. The number of esters is 1. The molecule has 0 spiro atoms. The summed E-state index contributed by atoms with van der Waals surface area (Å²) in [6.07, 6.45) is 7.28. The van der Waals surface area contributed by atoms with E-state index in [9.17, 15) is 4.79 Å². The van der Waals surface area contributed by atoms with Crippen LogP contribution in [0.15, 0.2) is 59.2 Å². The molecule has 1 aliphatic rings. The lowest BCUT2D eigenvalue weighted by Crippen LogP contribution is -2.05. The summed E-state index contributed by atoms with van der Waals surface area (Å²) >= 11 is 0. The zero-order valence-electron chi connectivity index (χ0n) is 16.6. The second-order valence-corrected chi connectivity index (χ2v) is 6.91. The third-order valence-corrected chi connectivity index (χ3v) is 4.59. The highest BCUT2D eigenvalue weighted by atomic mass is 16.6. The molecular weight excluding hydrogens is 350 g/mol. The van der Waals surface area contributed by atoms with Gasteiger partial charge >= 0.3 is 5.97 Å². The maximum absolute atomic E-state index is 12.2. The first kappa shape index (κ1) is 19.9. The van der Waals surface area contributed by atoms with Gasteiger partial charge in [0.1, 0.15) is 5.75 Å². The van der Waals surface area contributed by atoms with Crippen LogP contribution in [0.1, 0.15) is 56.2 Å². The lowest BCUT2D eigenvalue weighted by atomic mass is 10.1. The van der Waals surface area contributed by atoms with Crippen molar-refractivity contribution in [1.29, 1.82) is 0 Å². The van der Waals surface area contributed by atoms with Crippen molar-refractivity contribution in [2.24, 2.45) is 4.99 Å². The molecular formula is C24H27NO3. The molecule has 0 radical (unpaired) electrons. The van der Waals surface area contributed by atoms with E-state index in [0.29, 0.717) is 18.2 Å². The first-order valence-electron chi connectivity index (χ1n) is 10.0. The summed E-state index contributed by atoms with van der Waals surface area (Å²) in [5.74, 6) is 0.767. The molecule has 1 heterocycles. The summed E-state index contributed by atoms with van der Waals surface area (Å²) in [4.78, 5) is 16.6. The van der Waals surface area contributed by atoms with Gasteiger partial charge in [-0.3, -0.25) is 0 Å². The molecule has 0 fully saturated rings. The van der Waals surface area contributed by atoms with Crippen LogP contribution in [0.5, 0.6) is 5.75 Å². The SMILES string of the molecule is CCCCOc1ccc(C=C2N=C(c3ccc(CCCC)cc3)OC2=O)cc1. The molecule has 2 aromatic rings.